The zero-order valence-corrected chi connectivity index (χ0v) is 11.7. The van der Waals surface area contributed by atoms with Crippen LogP contribution in [-0.4, -0.2) is 32.3 Å². The van der Waals surface area contributed by atoms with Crippen molar-refractivity contribution in [3.63, 3.8) is 0 Å². The minimum absolute atomic E-state index is 0.242. The number of carbonyl (C=O) groups is 1. The summed E-state index contributed by atoms with van der Waals surface area (Å²) in [5, 5.41) is 5.25. The Morgan fingerprint density at radius 3 is 2.75 bits per heavy atom. The van der Waals surface area contributed by atoms with E-state index in [-0.39, 0.29) is 18.5 Å². The molecule has 0 aliphatic carbocycles. The molecule has 2 N–H and O–H groups in total. The van der Waals surface area contributed by atoms with E-state index in [1.165, 1.54) is 12.1 Å². The van der Waals surface area contributed by atoms with Crippen LogP contribution in [0.2, 0.25) is 0 Å². The molecule has 1 aromatic rings. The number of ether oxygens (including phenoxy) is 1. The van der Waals surface area contributed by atoms with Crippen LogP contribution in [0.4, 0.5) is 13.6 Å². The molecular formula is C14H20F2N2O2. The van der Waals surface area contributed by atoms with E-state index in [0.717, 1.165) is 6.07 Å². The van der Waals surface area contributed by atoms with Gasteiger partial charge in [-0.25, -0.2) is 13.6 Å². The topological polar surface area (TPSA) is 50.4 Å². The lowest BCUT2D eigenvalue weighted by molar-refractivity contribution is 0.149. The standard InChI is InChI=1S/C14H20F2N2O2/c1-3-20-7-6-17-14(19)18-9-10(2)12-5-4-11(15)8-13(12)16/h4-5,8,10H,3,6-7,9H2,1-2H3,(H2,17,18,19). The Morgan fingerprint density at radius 2 is 2.10 bits per heavy atom. The van der Waals surface area contributed by atoms with Crippen molar-refractivity contribution in [1.82, 2.24) is 10.6 Å². The van der Waals surface area contributed by atoms with Crippen LogP contribution in [0.1, 0.15) is 25.3 Å². The van der Waals surface area contributed by atoms with Gasteiger partial charge in [0.2, 0.25) is 0 Å². The largest absolute Gasteiger partial charge is 0.380 e. The SMILES string of the molecule is CCOCCNC(=O)NCC(C)c1ccc(F)cc1F. The van der Waals surface area contributed by atoms with E-state index in [9.17, 15) is 13.6 Å². The molecule has 0 aliphatic rings. The van der Waals surface area contributed by atoms with Gasteiger partial charge >= 0.3 is 6.03 Å². The smallest absolute Gasteiger partial charge is 0.314 e. The van der Waals surface area contributed by atoms with E-state index in [1.54, 1.807) is 6.92 Å². The molecule has 2 amide bonds. The van der Waals surface area contributed by atoms with Crippen molar-refractivity contribution in [3.8, 4) is 0 Å². The molecule has 4 nitrogen and oxygen atoms in total. The predicted octanol–water partition coefficient (Wildman–Crippen LogP) is 2.40. The number of carbonyl (C=O) groups excluding carboxylic acids is 1. The molecule has 6 heteroatoms. The Morgan fingerprint density at radius 1 is 1.35 bits per heavy atom. The first-order valence-electron chi connectivity index (χ1n) is 6.59. The third kappa shape index (κ3) is 5.52. The lowest BCUT2D eigenvalue weighted by Gasteiger charge is -2.14. The quantitative estimate of drug-likeness (QED) is 0.756. The fourth-order valence-corrected chi connectivity index (χ4v) is 1.70. The van der Waals surface area contributed by atoms with Crippen molar-refractivity contribution in [2.24, 2.45) is 0 Å². The van der Waals surface area contributed by atoms with Gasteiger partial charge in [-0.2, -0.15) is 0 Å². The molecule has 1 aromatic carbocycles. The fraction of sp³-hybridized carbons (Fsp3) is 0.500. The first kappa shape index (κ1) is 16.4. The maximum atomic E-state index is 13.5. The molecule has 1 rings (SSSR count). The number of rotatable bonds is 7. The maximum Gasteiger partial charge on any atom is 0.314 e. The summed E-state index contributed by atoms with van der Waals surface area (Å²) in [4.78, 5) is 11.4. The molecule has 0 heterocycles. The Kier molecular flexibility index (Phi) is 6.93. The zero-order valence-electron chi connectivity index (χ0n) is 11.7. The van der Waals surface area contributed by atoms with Gasteiger partial charge in [-0.1, -0.05) is 13.0 Å². The van der Waals surface area contributed by atoms with Gasteiger partial charge in [0.05, 0.1) is 6.61 Å². The van der Waals surface area contributed by atoms with Gasteiger partial charge in [-0.05, 0) is 18.6 Å². The van der Waals surface area contributed by atoms with Gasteiger partial charge in [0.1, 0.15) is 11.6 Å². The highest BCUT2D eigenvalue weighted by Gasteiger charge is 2.12. The highest BCUT2D eigenvalue weighted by Crippen LogP contribution is 2.18. The summed E-state index contributed by atoms with van der Waals surface area (Å²) in [5.74, 6) is -1.45. The summed E-state index contributed by atoms with van der Waals surface area (Å²) in [6, 6.07) is 3.11. The van der Waals surface area contributed by atoms with Crippen molar-refractivity contribution in [2.75, 3.05) is 26.3 Å². The number of halogens is 2. The monoisotopic (exact) mass is 286 g/mol. The highest BCUT2D eigenvalue weighted by atomic mass is 19.1. The molecule has 20 heavy (non-hydrogen) atoms. The predicted molar refractivity (Wildman–Crippen MR) is 72.7 cm³/mol. The van der Waals surface area contributed by atoms with Crippen molar-refractivity contribution in [2.45, 2.75) is 19.8 Å². The van der Waals surface area contributed by atoms with Gasteiger partial charge in [-0.15, -0.1) is 0 Å². The molecule has 0 fully saturated rings. The highest BCUT2D eigenvalue weighted by molar-refractivity contribution is 5.73. The van der Waals surface area contributed by atoms with E-state index in [4.69, 9.17) is 4.74 Å². The second kappa shape index (κ2) is 8.47. The summed E-state index contributed by atoms with van der Waals surface area (Å²) < 4.78 is 31.4. The summed E-state index contributed by atoms with van der Waals surface area (Å²) in [6.45, 7) is 5.37. The van der Waals surface area contributed by atoms with Crippen LogP contribution in [-0.2, 0) is 4.74 Å². The minimum Gasteiger partial charge on any atom is -0.380 e. The third-order valence-corrected chi connectivity index (χ3v) is 2.80. The van der Waals surface area contributed by atoms with E-state index in [0.29, 0.717) is 25.3 Å². The van der Waals surface area contributed by atoms with Crippen molar-refractivity contribution in [3.05, 3.63) is 35.4 Å². The molecule has 1 unspecified atom stereocenters. The van der Waals surface area contributed by atoms with Crippen molar-refractivity contribution >= 4 is 6.03 Å². The second-order valence-electron chi connectivity index (χ2n) is 4.40. The Hall–Kier alpha value is -1.69. The molecular weight excluding hydrogens is 266 g/mol. The summed E-state index contributed by atoms with van der Waals surface area (Å²) in [7, 11) is 0. The lowest BCUT2D eigenvalue weighted by atomic mass is 10.0. The molecule has 112 valence electrons. The molecule has 0 aliphatic heterocycles. The normalized spacial score (nSPS) is 12.0. The van der Waals surface area contributed by atoms with Crippen LogP contribution in [0.5, 0.6) is 0 Å². The number of amides is 2. The van der Waals surface area contributed by atoms with Crippen LogP contribution in [0.25, 0.3) is 0 Å². The van der Waals surface area contributed by atoms with Crippen LogP contribution in [0, 0.1) is 11.6 Å². The second-order valence-corrected chi connectivity index (χ2v) is 4.40. The third-order valence-electron chi connectivity index (χ3n) is 2.80. The Balaban J connectivity index is 2.35. The Bertz CT molecular complexity index is 441. The zero-order chi connectivity index (χ0) is 15.0. The number of hydrogen-bond acceptors (Lipinski definition) is 2. The molecule has 0 spiro atoms. The van der Waals surface area contributed by atoms with Gasteiger partial charge in [-0.3, -0.25) is 0 Å². The average Bonchev–Trinajstić information content (AvgIpc) is 2.41. The summed E-state index contributed by atoms with van der Waals surface area (Å²) in [6.07, 6.45) is 0. The number of nitrogens with one attached hydrogen (secondary N) is 2. The van der Waals surface area contributed by atoms with Crippen LogP contribution < -0.4 is 10.6 Å². The fourth-order valence-electron chi connectivity index (χ4n) is 1.70. The average molecular weight is 286 g/mol. The Labute approximate surface area is 117 Å². The van der Waals surface area contributed by atoms with Gasteiger partial charge < -0.3 is 15.4 Å². The van der Waals surface area contributed by atoms with E-state index in [1.807, 2.05) is 6.92 Å². The summed E-state index contributed by atoms with van der Waals surface area (Å²) in [5.41, 5.74) is 0.376. The lowest BCUT2D eigenvalue weighted by Crippen LogP contribution is -2.39. The van der Waals surface area contributed by atoms with Gasteiger partial charge in [0.15, 0.2) is 0 Å². The van der Waals surface area contributed by atoms with Crippen LogP contribution in [0.15, 0.2) is 18.2 Å². The van der Waals surface area contributed by atoms with E-state index < -0.39 is 11.6 Å². The van der Waals surface area contributed by atoms with Gasteiger partial charge in [0.25, 0.3) is 0 Å². The van der Waals surface area contributed by atoms with E-state index >= 15 is 0 Å². The van der Waals surface area contributed by atoms with Crippen LogP contribution in [0.3, 0.4) is 0 Å². The molecule has 0 saturated heterocycles. The first-order valence-corrected chi connectivity index (χ1v) is 6.59. The molecule has 0 saturated carbocycles. The summed E-state index contributed by atoms with van der Waals surface area (Å²) >= 11 is 0. The van der Waals surface area contributed by atoms with Gasteiger partial charge in [0, 0.05) is 31.7 Å². The first-order chi connectivity index (χ1) is 9.54. The number of hydrogen-bond donors (Lipinski definition) is 2. The molecule has 0 radical (unpaired) electrons. The number of urea groups is 1. The minimum atomic E-state index is -0.611. The van der Waals surface area contributed by atoms with Crippen molar-refractivity contribution < 1.29 is 18.3 Å². The molecule has 1 atom stereocenters. The molecule has 0 aromatic heterocycles. The maximum absolute atomic E-state index is 13.5. The molecule has 0 bridgehead atoms. The number of benzene rings is 1. The van der Waals surface area contributed by atoms with Crippen LogP contribution >= 0.6 is 0 Å². The van der Waals surface area contributed by atoms with Crippen molar-refractivity contribution in [1.29, 1.82) is 0 Å². The van der Waals surface area contributed by atoms with E-state index in [2.05, 4.69) is 10.6 Å².